The number of anilines is 1. The third-order valence-electron chi connectivity index (χ3n) is 6.12. The summed E-state index contributed by atoms with van der Waals surface area (Å²) in [6, 6.07) is 5.00. The quantitative estimate of drug-likeness (QED) is 0.636. The molecule has 1 aromatic carbocycles. The van der Waals surface area contributed by atoms with Gasteiger partial charge in [-0.2, -0.15) is 5.10 Å². The molecule has 3 aliphatic carbocycles. The van der Waals surface area contributed by atoms with E-state index in [1.165, 1.54) is 6.33 Å². The maximum atomic E-state index is 13.1. The van der Waals surface area contributed by atoms with E-state index in [1.807, 2.05) is 6.92 Å². The molecule has 2 bridgehead atoms. The Kier molecular flexibility index (Phi) is 3.57. The van der Waals surface area contributed by atoms with Crippen molar-refractivity contribution >= 4 is 21.5 Å². The molecule has 0 saturated heterocycles. The number of nitrogen functional groups attached to an aromatic ring is 1. The highest BCUT2D eigenvalue weighted by molar-refractivity contribution is 7.89. The molecule has 2 heterocycles. The molecular formula is C19H19N7O2S. The number of nitrogens with two attached hydrogens (primary N) is 1. The molecule has 0 unspecified atom stereocenters. The van der Waals surface area contributed by atoms with Gasteiger partial charge in [-0.15, -0.1) is 0 Å². The second-order valence-electron chi connectivity index (χ2n) is 8.08. The SMILES string of the molecule is [C-]#[N+]C12CCC(NS(=O)(=O)c3ccc(C)c(-c4cnc5c(N)ncnn45)c3)(C1)C2. The fourth-order valence-electron chi connectivity index (χ4n) is 4.70. The van der Waals surface area contributed by atoms with Gasteiger partial charge in [-0.25, -0.2) is 34.2 Å². The molecule has 9 nitrogen and oxygen atoms in total. The molecule has 0 spiro atoms. The number of rotatable bonds is 4. The van der Waals surface area contributed by atoms with Gasteiger partial charge >= 0.3 is 0 Å². The molecule has 6 rings (SSSR count). The van der Waals surface area contributed by atoms with Gasteiger partial charge in [0, 0.05) is 30.4 Å². The number of nitrogens with one attached hydrogen (secondary N) is 1. The average molecular weight is 409 g/mol. The van der Waals surface area contributed by atoms with Crippen LogP contribution in [0.15, 0.2) is 35.6 Å². The summed E-state index contributed by atoms with van der Waals surface area (Å²) in [6.45, 7) is 9.25. The summed E-state index contributed by atoms with van der Waals surface area (Å²) in [5.41, 5.74) is 7.65. The van der Waals surface area contributed by atoms with Gasteiger partial charge in [0.25, 0.3) is 0 Å². The summed E-state index contributed by atoms with van der Waals surface area (Å²) >= 11 is 0. The minimum absolute atomic E-state index is 0.177. The second kappa shape index (κ2) is 5.75. The van der Waals surface area contributed by atoms with Gasteiger partial charge < -0.3 is 10.6 Å². The van der Waals surface area contributed by atoms with Crippen LogP contribution in [-0.4, -0.2) is 39.1 Å². The Labute approximate surface area is 167 Å². The predicted octanol–water partition coefficient (Wildman–Crippen LogP) is 1.94. The van der Waals surface area contributed by atoms with Crippen molar-refractivity contribution in [3.63, 3.8) is 0 Å². The molecule has 3 aliphatic rings. The number of fused-ring (bicyclic) bond motifs is 2. The fraction of sp³-hybridized carbons (Fsp3) is 0.368. The first-order valence-electron chi connectivity index (χ1n) is 9.24. The predicted molar refractivity (Wildman–Crippen MR) is 106 cm³/mol. The van der Waals surface area contributed by atoms with E-state index in [-0.39, 0.29) is 16.3 Å². The third-order valence-corrected chi connectivity index (χ3v) is 7.69. The summed E-state index contributed by atoms with van der Waals surface area (Å²) in [5, 5.41) is 4.20. The molecule has 0 aliphatic heterocycles. The van der Waals surface area contributed by atoms with Gasteiger partial charge in [-0.05, 0) is 31.0 Å². The fourth-order valence-corrected chi connectivity index (χ4v) is 6.15. The first-order valence-corrected chi connectivity index (χ1v) is 10.7. The zero-order valence-corrected chi connectivity index (χ0v) is 16.6. The smallest absolute Gasteiger partial charge is 0.241 e. The summed E-state index contributed by atoms with van der Waals surface area (Å²) in [6.07, 6.45) is 5.58. The van der Waals surface area contributed by atoms with E-state index in [2.05, 4.69) is 24.6 Å². The van der Waals surface area contributed by atoms with Gasteiger partial charge in [0.05, 0.1) is 16.8 Å². The van der Waals surface area contributed by atoms with Crippen LogP contribution in [0.4, 0.5) is 5.82 Å². The molecule has 148 valence electrons. The average Bonchev–Trinajstić information content (AvgIpc) is 3.33. The van der Waals surface area contributed by atoms with Crippen LogP contribution in [0.1, 0.15) is 31.2 Å². The van der Waals surface area contributed by atoms with E-state index >= 15 is 0 Å². The lowest BCUT2D eigenvalue weighted by Crippen LogP contribution is -2.57. The molecule has 10 heteroatoms. The number of aromatic nitrogens is 4. The topological polar surface area (TPSA) is 120 Å². The van der Waals surface area contributed by atoms with E-state index in [0.717, 1.165) is 12.0 Å². The Morgan fingerprint density at radius 3 is 2.79 bits per heavy atom. The minimum atomic E-state index is -3.73. The number of sulfonamides is 1. The zero-order chi connectivity index (χ0) is 20.4. The Bertz CT molecular complexity index is 1300. The lowest BCUT2D eigenvalue weighted by molar-refractivity contribution is 0.218. The van der Waals surface area contributed by atoms with Crippen molar-refractivity contribution in [2.45, 2.75) is 48.6 Å². The van der Waals surface area contributed by atoms with Gasteiger partial charge in [0.1, 0.15) is 6.33 Å². The molecular weight excluding hydrogens is 390 g/mol. The summed E-state index contributed by atoms with van der Waals surface area (Å²) in [5.74, 6) is 0.253. The van der Waals surface area contributed by atoms with Crippen molar-refractivity contribution < 1.29 is 8.42 Å². The molecule has 29 heavy (non-hydrogen) atoms. The van der Waals surface area contributed by atoms with Crippen molar-refractivity contribution in [2.75, 3.05) is 5.73 Å². The molecule has 0 amide bonds. The molecule has 0 radical (unpaired) electrons. The Morgan fingerprint density at radius 2 is 2.07 bits per heavy atom. The van der Waals surface area contributed by atoms with E-state index in [1.54, 1.807) is 28.9 Å². The number of nitrogens with zero attached hydrogens (tertiary/aromatic N) is 5. The van der Waals surface area contributed by atoms with Crippen molar-refractivity contribution in [3.05, 3.63) is 47.7 Å². The third kappa shape index (κ3) is 2.62. The van der Waals surface area contributed by atoms with Gasteiger partial charge in [0.2, 0.25) is 15.6 Å². The monoisotopic (exact) mass is 409 g/mol. The van der Waals surface area contributed by atoms with Crippen molar-refractivity contribution in [2.24, 2.45) is 0 Å². The zero-order valence-electron chi connectivity index (χ0n) is 15.8. The lowest BCUT2D eigenvalue weighted by Gasteiger charge is -2.39. The highest BCUT2D eigenvalue weighted by Gasteiger charge is 2.67. The molecule has 3 saturated carbocycles. The standard InChI is InChI=1S/C19H19N7O2S/c1-12-3-4-13(29(27,28)25-19-6-5-18(9-19,10-19)21-2)7-14(12)15-8-22-17-16(20)23-11-24-26(15)17/h3-4,7-8,11,25H,5-6,9-10H2,1H3,(H2,20,23,24). The van der Waals surface area contributed by atoms with Crippen LogP contribution in [-0.2, 0) is 10.0 Å². The van der Waals surface area contributed by atoms with Gasteiger partial charge in [-0.3, -0.25) is 0 Å². The molecule has 3 N–H and O–H groups in total. The van der Waals surface area contributed by atoms with Gasteiger partial charge in [0.15, 0.2) is 11.5 Å². The number of aryl methyl sites for hydroxylation is 1. The highest BCUT2D eigenvalue weighted by Crippen LogP contribution is 2.57. The normalized spacial score (nSPS) is 25.7. The summed E-state index contributed by atoms with van der Waals surface area (Å²) in [7, 11) is -3.73. The molecule has 2 aromatic heterocycles. The van der Waals surface area contributed by atoms with Crippen LogP contribution in [0.5, 0.6) is 0 Å². The Hall–Kier alpha value is -3.03. The van der Waals surface area contributed by atoms with Crippen LogP contribution in [0.25, 0.3) is 21.7 Å². The maximum absolute atomic E-state index is 13.1. The minimum Gasteiger partial charge on any atom is -0.381 e. The highest BCUT2D eigenvalue weighted by atomic mass is 32.2. The molecule has 0 atom stereocenters. The number of benzene rings is 1. The Morgan fingerprint density at radius 1 is 1.28 bits per heavy atom. The largest absolute Gasteiger partial charge is 0.381 e. The first kappa shape index (κ1) is 18.0. The van der Waals surface area contributed by atoms with Crippen molar-refractivity contribution in [1.29, 1.82) is 0 Å². The number of hydrogen-bond acceptors (Lipinski definition) is 6. The van der Waals surface area contributed by atoms with E-state index in [0.29, 0.717) is 36.2 Å². The first-order chi connectivity index (χ1) is 13.8. The Balaban J connectivity index is 1.53. The number of hydrogen-bond donors (Lipinski definition) is 2. The van der Waals surface area contributed by atoms with Crippen LogP contribution in [0.3, 0.4) is 0 Å². The van der Waals surface area contributed by atoms with Crippen LogP contribution >= 0.6 is 0 Å². The van der Waals surface area contributed by atoms with Gasteiger partial charge in [-0.1, -0.05) is 6.07 Å². The van der Waals surface area contributed by atoms with Crippen LogP contribution < -0.4 is 10.5 Å². The van der Waals surface area contributed by atoms with Crippen molar-refractivity contribution in [1.82, 2.24) is 24.3 Å². The molecule has 3 fully saturated rings. The van der Waals surface area contributed by atoms with Crippen LogP contribution in [0, 0.1) is 13.5 Å². The lowest BCUT2D eigenvalue weighted by atomic mass is 9.72. The van der Waals surface area contributed by atoms with E-state index in [4.69, 9.17) is 12.3 Å². The number of imidazole rings is 1. The maximum Gasteiger partial charge on any atom is 0.241 e. The van der Waals surface area contributed by atoms with Crippen molar-refractivity contribution in [3.8, 4) is 11.3 Å². The van der Waals surface area contributed by atoms with E-state index in [9.17, 15) is 8.42 Å². The summed E-state index contributed by atoms with van der Waals surface area (Å²) in [4.78, 5) is 12.1. The summed E-state index contributed by atoms with van der Waals surface area (Å²) < 4.78 is 30.6. The van der Waals surface area contributed by atoms with E-state index < -0.39 is 15.6 Å². The second-order valence-corrected chi connectivity index (χ2v) is 9.76. The van der Waals surface area contributed by atoms with Crippen LogP contribution in [0.2, 0.25) is 0 Å². The molecule has 3 aromatic rings.